The van der Waals surface area contributed by atoms with Crippen molar-refractivity contribution < 1.29 is 24.2 Å². The van der Waals surface area contributed by atoms with Crippen molar-refractivity contribution in [3.63, 3.8) is 0 Å². The predicted octanol–water partition coefficient (Wildman–Crippen LogP) is 0.982. The van der Waals surface area contributed by atoms with Crippen LogP contribution < -0.4 is 10.6 Å². The van der Waals surface area contributed by atoms with Gasteiger partial charge in [-0.05, 0) is 12.8 Å². The number of carboxylic acid groups (broad SMARTS) is 1. The van der Waals surface area contributed by atoms with Crippen LogP contribution in [0, 0.1) is 0 Å². The Morgan fingerprint density at radius 3 is 2.50 bits per heavy atom. The first kappa shape index (κ1) is 18.7. The van der Waals surface area contributed by atoms with Gasteiger partial charge in [0.15, 0.2) is 0 Å². The standard InChI is InChI=1S/C13H26N2O5/c1-3-4-8-20-9-5-7-14-13(18)15-11(12(16)17)6-10-19-2/h11H,3-10H2,1-2H3,(H,16,17)(H2,14,15,18). The van der Waals surface area contributed by atoms with Crippen molar-refractivity contribution >= 4 is 12.0 Å². The van der Waals surface area contributed by atoms with Gasteiger partial charge in [0.25, 0.3) is 0 Å². The molecule has 0 fully saturated rings. The van der Waals surface area contributed by atoms with Crippen LogP contribution >= 0.6 is 0 Å². The summed E-state index contributed by atoms with van der Waals surface area (Å²) < 4.78 is 10.1. The van der Waals surface area contributed by atoms with E-state index in [1.807, 2.05) is 0 Å². The average Bonchev–Trinajstić information content (AvgIpc) is 2.42. The molecule has 1 unspecified atom stereocenters. The van der Waals surface area contributed by atoms with Crippen molar-refractivity contribution in [3.8, 4) is 0 Å². The van der Waals surface area contributed by atoms with Crippen LogP contribution in [0.2, 0.25) is 0 Å². The lowest BCUT2D eigenvalue weighted by molar-refractivity contribution is -0.139. The van der Waals surface area contributed by atoms with Gasteiger partial charge in [0, 0.05) is 39.9 Å². The van der Waals surface area contributed by atoms with E-state index >= 15 is 0 Å². The number of hydrogen-bond donors (Lipinski definition) is 3. The van der Waals surface area contributed by atoms with E-state index in [4.69, 9.17) is 14.6 Å². The van der Waals surface area contributed by atoms with Gasteiger partial charge in [0.05, 0.1) is 0 Å². The number of methoxy groups -OCH3 is 1. The van der Waals surface area contributed by atoms with Crippen LogP contribution in [0.1, 0.15) is 32.6 Å². The first-order chi connectivity index (χ1) is 9.61. The van der Waals surface area contributed by atoms with Gasteiger partial charge >= 0.3 is 12.0 Å². The van der Waals surface area contributed by atoms with E-state index < -0.39 is 18.0 Å². The molecule has 3 N–H and O–H groups in total. The van der Waals surface area contributed by atoms with Crippen LogP contribution in [0.3, 0.4) is 0 Å². The first-order valence-corrected chi connectivity index (χ1v) is 6.95. The molecule has 118 valence electrons. The molecule has 0 heterocycles. The highest BCUT2D eigenvalue weighted by Gasteiger charge is 2.18. The molecule has 0 saturated heterocycles. The SMILES string of the molecule is CCCCOCCCNC(=O)NC(CCOC)C(=O)O. The summed E-state index contributed by atoms with van der Waals surface area (Å²) in [6, 6.07) is -1.42. The molecule has 2 amide bonds. The molecule has 0 spiro atoms. The van der Waals surface area contributed by atoms with Crippen LogP contribution in [0.25, 0.3) is 0 Å². The molecule has 0 aliphatic carbocycles. The van der Waals surface area contributed by atoms with E-state index in [9.17, 15) is 9.59 Å². The summed E-state index contributed by atoms with van der Waals surface area (Å²) in [6.07, 6.45) is 3.07. The molecule has 0 radical (unpaired) electrons. The summed E-state index contributed by atoms with van der Waals surface area (Å²) in [6.45, 7) is 4.15. The molecule has 0 rings (SSSR count). The number of amides is 2. The molecule has 0 aliphatic rings. The van der Waals surface area contributed by atoms with Gasteiger partial charge in [-0.1, -0.05) is 13.3 Å². The number of carbonyl (C=O) groups excluding carboxylic acids is 1. The molecule has 7 heteroatoms. The zero-order chi connectivity index (χ0) is 15.2. The maximum atomic E-state index is 11.5. The van der Waals surface area contributed by atoms with Crippen molar-refractivity contribution in [2.45, 2.75) is 38.6 Å². The lowest BCUT2D eigenvalue weighted by Crippen LogP contribution is -2.46. The minimum atomic E-state index is -1.07. The number of carboxylic acids is 1. The van der Waals surface area contributed by atoms with Crippen molar-refractivity contribution in [1.29, 1.82) is 0 Å². The summed E-state index contributed by atoms with van der Waals surface area (Å²) in [7, 11) is 1.48. The van der Waals surface area contributed by atoms with E-state index in [2.05, 4.69) is 17.6 Å². The monoisotopic (exact) mass is 290 g/mol. The summed E-state index contributed by atoms with van der Waals surface area (Å²) in [5.41, 5.74) is 0. The van der Waals surface area contributed by atoms with Gasteiger partial charge in [-0.15, -0.1) is 0 Å². The molecule has 7 nitrogen and oxygen atoms in total. The second kappa shape index (κ2) is 12.7. The molecule has 20 heavy (non-hydrogen) atoms. The van der Waals surface area contributed by atoms with E-state index in [0.717, 1.165) is 19.4 Å². The van der Waals surface area contributed by atoms with Gasteiger partial charge < -0.3 is 25.2 Å². The van der Waals surface area contributed by atoms with Crippen LogP contribution in [0.4, 0.5) is 4.79 Å². The largest absolute Gasteiger partial charge is 0.480 e. The zero-order valence-corrected chi connectivity index (χ0v) is 12.3. The summed E-state index contributed by atoms with van der Waals surface area (Å²) in [5, 5.41) is 13.9. The number of urea groups is 1. The Kier molecular flexibility index (Phi) is 11.8. The Bertz CT molecular complexity index is 273. The lowest BCUT2D eigenvalue weighted by atomic mass is 10.2. The van der Waals surface area contributed by atoms with Gasteiger partial charge in [0.1, 0.15) is 6.04 Å². The Labute approximate surface area is 120 Å². The minimum Gasteiger partial charge on any atom is -0.480 e. The summed E-state index contributed by atoms with van der Waals surface area (Å²) in [5.74, 6) is -1.07. The van der Waals surface area contributed by atoms with Crippen molar-refractivity contribution in [2.75, 3.05) is 33.5 Å². The van der Waals surface area contributed by atoms with Gasteiger partial charge in [0.2, 0.25) is 0 Å². The maximum Gasteiger partial charge on any atom is 0.326 e. The first-order valence-electron chi connectivity index (χ1n) is 6.95. The second-order valence-electron chi connectivity index (χ2n) is 4.39. The molecule has 0 aromatic carbocycles. The Morgan fingerprint density at radius 2 is 1.90 bits per heavy atom. The number of hydrogen-bond acceptors (Lipinski definition) is 4. The maximum absolute atomic E-state index is 11.5. The summed E-state index contributed by atoms with van der Waals surface area (Å²) in [4.78, 5) is 22.4. The highest BCUT2D eigenvalue weighted by molar-refractivity contribution is 5.82. The van der Waals surface area contributed by atoms with Crippen LogP contribution in [-0.4, -0.2) is 56.6 Å². The third-order valence-electron chi connectivity index (χ3n) is 2.61. The molecular formula is C13H26N2O5. The zero-order valence-electron chi connectivity index (χ0n) is 12.3. The van der Waals surface area contributed by atoms with Crippen molar-refractivity contribution in [3.05, 3.63) is 0 Å². The number of rotatable bonds is 12. The number of aliphatic carboxylic acids is 1. The molecule has 0 saturated carbocycles. The molecular weight excluding hydrogens is 264 g/mol. The van der Waals surface area contributed by atoms with Crippen LogP contribution in [0.15, 0.2) is 0 Å². The molecule has 1 atom stereocenters. The number of nitrogens with one attached hydrogen (secondary N) is 2. The van der Waals surface area contributed by atoms with E-state index in [0.29, 0.717) is 19.6 Å². The number of unbranched alkanes of at least 4 members (excludes halogenated alkanes) is 1. The van der Waals surface area contributed by atoms with E-state index in [1.54, 1.807) is 0 Å². The lowest BCUT2D eigenvalue weighted by Gasteiger charge is -2.14. The topological polar surface area (TPSA) is 96.9 Å². The van der Waals surface area contributed by atoms with Gasteiger partial charge in [-0.2, -0.15) is 0 Å². The van der Waals surface area contributed by atoms with Crippen LogP contribution in [0.5, 0.6) is 0 Å². The number of ether oxygens (including phenoxy) is 2. The van der Waals surface area contributed by atoms with Gasteiger partial charge in [-0.3, -0.25) is 0 Å². The van der Waals surface area contributed by atoms with Crippen LogP contribution in [-0.2, 0) is 14.3 Å². The number of carbonyl (C=O) groups is 2. The van der Waals surface area contributed by atoms with Crippen molar-refractivity contribution in [2.24, 2.45) is 0 Å². The highest BCUT2D eigenvalue weighted by Crippen LogP contribution is 1.93. The predicted molar refractivity (Wildman–Crippen MR) is 74.8 cm³/mol. The quantitative estimate of drug-likeness (QED) is 0.466. The minimum absolute atomic E-state index is 0.235. The second-order valence-corrected chi connectivity index (χ2v) is 4.39. The molecule has 0 aromatic heterocycles. The normalized spacial score (nSPS) is 11.9. The average molecular weight is 290 g/mol. The third kappa shape index (κ3) is 10.6. The third-order valence-corrected chi connectivity index (χ3v) is 2.61. The smallest absolute Gasteiger partial charge is 0.326 e. The molecule has 0 aliphatic heterocycles. The Hall–Kier alpha value is -1.34. The molecule has 0 bridgehead atoms. The fraction of sp³-hybridized carbons (Fsp3) is 0.846. The molecule has 0 aromatic rings. The fourth-order valence-corrected chi connectivity index (χ4v) is 1.43. The Balaban J connectivity index is 3.66. The van der Waals surface area contributed by atoms with E-state index in [-0.39, 0.29) is 13.0 Å². The van der Waals surface area contributed by atoms with Crippen molar-refractivity contribution in [1.82, 2.24) is 10.6 Å². The van der Waals surface area contributed by atoms with E-state index in [1.165, 1.54) is 7.11 Å². The highest BCUT2D eigenvalue weighted by atomic mass is 16.5. The van der Waals surface area contributed by atoms with Gasteiger partial charge in [-0.25, -0.2) is 9.59 Å². The fourth-order valence-electron chi connectivity index (χ4n) is 1.43. The Morgan fingerprint density at radius 1 is 1.20 bits per heavy atom. The summed E-state index contributed by atoms with van der Waals surface area (Å²) >= 11 is 0.